The van der Waals surface area contributed by atoms with Gasteiger partial charge in [-0.1, -0.05) is 30.7 Å². The number of allylic oxidation sites excluding steroid dienone is 4. The molecule has 1 aliphatic heterocycles. The summed E-state index contributed by atoms with van der Waals surface area (Å²) in [5.41, 5.74) is 1.69. The number of carbonyl (C=O) groups is 3. The molecule has 1 unspecified atom stereocenters. The molecular weight excluding hydrogens is 432 g/mol. The van der Waals surface area contributed by atoms with Crippen LogP contribution < -0.4 is 10.6 Å². The highest BCUT2D eigenvalue weighted by Gasteiger charge is 2.35. The molecule has 2 atom stereocenters. The van der Waals surface area contributed by atoms with Crippen molar-refractivity contribution < 1.29 is 19.1 Å². The van der Waals surface area contributed by atoms with Crippen LogP contribution in [0.25, 0.3) is 0 Å². The van der Waals surface area contributed by atoms with E-state index in [1.807, 2.05) is 27.7 Å². The lowest BCUT2D eigenvalue weighted by Gasteiger charge is -2.38. The van der Waals surface area contributed by atoms with Crippen molar-refractivity contribution in [3.05, 3.63) is 34.7 Å². The van der Waals surface area contributed by atoms with Crippen LogP contribution in [0.3, 0.4) is 0 Å². The van der Waals surface area contributed by atoms with Crippen LogP contribution in [-0.2, 0) is 19.1 Å². The zero-order valence-corrected chi connectivity index (χ0v) is 20.6. The van der Waals surface area contributed by atoms with Crippen molar-refractivity contribution in [1.29, 1.82) is 0 Å². The van der Waals surface area contributed by atoms with Crippen molar-refractivity contribution in [3.8, 4) is 0 Å². The molecule has 0 aliphatic carbocycles. The standard InChI is InChI=1S/C23H35ClN4O4/c1-7-11-17(9-3)26-22(30)23(31)28-13-12-18(19(14-28)32-10-4)27-21(29)16(6)25-20(24)15(5)8-2/h7,9,11,18-19H,8,10,12-14H2,1-6H3,(H,26,30)(H,27,29)/b11-7-,17-9+,20-15+,25-16+/t18?,19-/m0/s1. The van der Waals surface area contributed by atoms with Gasteiger partial charge in [0, 0.05) is 25.4 Å². The summed E-state index contributed by atoms with van der Waals surface area (Å²) in [6.45, 7) is 11.8. The Labute approximate surface area is 195 Å². The topological polar surface area (TPSA) is 100 Å². The summed E-state index contributed by atoms with van der Waals surface area (Å²) in [7, 11) is 0. The van der Waals surface area contributed by atoms with Gasteiger partial charge in [0.1, 0.15) is 10.9 Å². The van der Waals surface area contributed by atoms with Crippen LogP contribution in [0.1, 0.15) is 54.4 Å². The van der Waals surface area contributed by atoms with E-state index in [2.05, 4.69) is 15.6 Å². The minimum absolute atomic E-state index is 0.200. The predicted molar refractivity (Wildman–Crippen MR) is 127 cm³/mol. The van der Waals surface area contributed by atoms with Crippen molar-refractivity contribution in [1.82, 2.24) is 15.5 Å². The number of carbonyl (C=O) groups excluding carboxylic acids is 3. The van der Waals surface area contributed by atoms with Gasteiger partial charge in [-0.15, -0.1) is 0 Å². The molecule has 0 bridgehead atoms. The van der Waals surface area contributed by atoms with Crippen LogP contribution in [0.15, 0.2) is 39.6 Å². The van der Waals surface area contributed by atoms with Crippen molar-refractivity contribution in [2.45, 2.75) is 66.5 Å². The van der Waals surface area contributed by atoms with E-state index >= 15 is 0 Å². The Balaban J connectivity index is 2.84. The molecule has 9 heteroatoms. The smallest absolute Gasteiger partial charge is 0.313 e. The summed E-state index contributed by atoms with van der Waals surface area (Å²) in [6, 6.07) is -0.316. The van der Waals surface area contributed by atoms with Crippen LogP contribution in [0, 0.1) is 0 Å². The van der Waals surface area contributed by atoms with Gasteiger partial charge in [0.05, 0.1) is 12.1 Å². The summed E-state index contributed by atoms with van der Waals surface area (Å²) in [5.74, 6) is -1.68. The molecular formula is C23H35ClN4O4. The fraction of sp³-hybridized carbons (Fsp3) is 0.565. The van der Waals surface area contributed by atoms with E-state index in [0.717, 1.165) is 12.0 Å². The normalized spacial score (nSPS) is 20.8. The van der Waals surface area contributed by atoms with Crippen molar-refractivity contribution in [2.75, 3.05) is 19.7 Å². The molecule has 1 fully saturated rings. The van der Waals surface area contributed by atoms with Gasteiger partial charge in [-0.3, -0.25) is 14.4 Å². The maximum Gasteiger partial charge on any atom is 0.313 e. The quantitative estimate of drug-likeness (QED) is 0.248. The van der Waals surface area contributed by atoms with Gasteiger partial charge in [0.2, 0.25) is 0 Å². The number of piperidine rings is 1. The first-order valence-corrected chi connectivity index (χ1v) is 11.3. The second-order valence-corrected chi connectivity index (χ2v) is 7.79. The first-order chi connectivity index (χ1) is 15.2. The van der Waals surface area contributed by atoms with E-state index in [9.17, 15) is 14.4 Å². The van der Waals surface area contributed by atoms with E-state index in [1.165, 1.54) is 4.90 Å². The number of nitrogens with one attached hydrogen (secondary N) is 2. The van der Waals surface area contributed by atoms with Crippen LogP contribution in [0.4, 0.5) is 0 Å². The van der Waals surface area contributed by atoms with E-state index in [1.54, 1.807) is 32.1 Å². The molecule has 0 saturated carbocycles. The lowest BCUT2D eigenvalue weighted by Crippen LogP contribution is -2.58. The Hall–Kier alpha value is -2.45. The lowest BCUT2D eigenvalue weighted by molar-refractivity contribution is -0.148. The number of ether oxygens (including phenoxy) is 1. The maximum atomic E-state index is 12.6. The first-order valence-electron chi connectivity index (χ1n) is 10.9. The Morgan fingerprint density at radius 3 is 2.44 bits per heavy atom. The molecule has 178 valence electrons. The Bertz CT molecular complexity index is 817. The molecule has 2 N–H and O–H groups in total. The van der Waals surface area contributed by atoms with Gasteiger partial charge in [-0.05, 0) is 59.1 Å². The lowest BCUT2D eigenvalue weighted by atomic mass is 10.0. The molecule has 32 heavy (non-hydrogen) atoms. The molecule has 1 heterocycles. The van der Waals surface area contributed by atoms with Gasteiger partial charge < -0.3 is 20.3 Å². The molecule has 1 aliphatic rings. The van der Waals surface area contributed by atoms with Gasteiger partial charge >= 0.3 is 11.8 Å². The number of rotatable bonds is 8. The van der Waals surface area contributed by atoms with Gasteiger partial charge in [-0.25, -0.2) is 4.99 Å². The molecule has 1 saturated heterocycles. The highest BCUT2D eigenvalue weighted by molar-refractivity contribution is 6.40. The third kappa shape index (κ3) is 8.24. The Morgan fingerprint density at radius 2 is 1.88 bits per heavy atom. The van der Waals surface area contributed by atoms with Crippen LogP contribution in [-0.4, -0.2) is 60.2 Å². The summed E-state index contributed by atoms with van der Waals surface area (Å²) in [6.07, 6.45) is 5.95. The first kappa shape index (κ1) is 27.6. The number of halogens is 1. The molecule has 1 rings (SSSR count). The predicted octanol–water partition coefficient (Wildman–Crippen LogP) is 3.05. The molecule has 3 amide bonds. The maximum absolute atomic E-state index is 12.6. The SMILES string of the molecule is C/C=C\C(=C/C)NC(=O)C(=O)N1CCC(NC(=O)/C(C)=N/C(Cl)=C(\C)CC)[C@@H](OCC)C1. The van der Waals surface area contributed by atoms with Crippen LogP contribution in [0.5, 0.6) is 0 Å². The summed E-state index contributed by atoms with van der Waals surface area (Å²) in [5, 5.41) is 5.84. The molecule has 0 radical (unpaired) electrons. The van der Waals surface area contributed by atoms with Gasteiger partial charge in [0.25, 0.3) is 5.91 Å². The molecule has 0 aromatic carbocycles. The van der Waals surface area contributed by atoms with Crippen molar-refractivity contribution >= 4 is 35.0 Å². The average Bonchev–Trinajstić information content (AvgIpc) is 2.78. The van der Waals surface area contributed by atoms with Crippen molar-refractivity contribution in [2.24, 2.45) is 4.99 Å². The molecule has 8 nitrogen and oxygen atoms in total. The third-order valence-corrected chi connectivity index (χ3v) is 5.54. The molecule has 0 aromatic rings. The third-order valence-electron chi connectivity index (χ3n) is 5.13. The summed E-state index contributed by atoms with van der Waals surface area (Å²) >= 11 is 6.14. The number of likely N-dealkylation sites (tertiary alicyclic amines) is 1. The highest BCUT2D eigenvalue weighted by atomic mass is 35.5. The second kappa shape index (κ2) is 13.9. The summed E-state index contributed by atoms with van der Waals surface area (Å²) in [4.78, 5) is 43.2. The van der Waals surface area contributed by atoms with E-state index in [0.29, 0.717) is 30.4 Å². The average molecular weight is 467 g/mol. The van der Waals surface area contributed by atoms with Crippen LogP contribution >= 0.6 is 11.6 Å². The number of hydrogen-bond acceptors (Lipinski definition) is 5. The fourth-order valence-corrected chi connectivity index (χ4v) is 3.34. The second-order valence-electron chi connectivity index (χ2n) is 7.43. The minimum Gasteiger partial charge on any atom is -0.375 e. The Kier molecular flexibility index (Phi) is 11.9. The Morgan fingerprint density at radius 1 is 1.19 bits per heavy atom. The van der Waals surface area contributed by atoms with Crippen molar-refractivity contribution in [3.63, 3.8) is 0 Å². The number of nitrogens with zero attached hydrogens (tertiary/aromatic N) is 2. The zero-order chi connectivity index (χ0) is 24.3. The van der Waals surface area contributed by atoms with Crippen LogP contribution in [0.2, 0.25) is 0 Å². The largest absolute Gasteiger partial charge is 0.375 e. The van der Waals surface area contributed by atoms with Gasteiger partial charge in [-0.2, -0.15) is 0 Å². The number of amides is 3. The monoisotopic (exact) mass is 466 g/mol. The fourth-order valence-electron chi connectivity index (χ4n) is 3.08. The van der Waals surface area contributed by atoms with E-state index < -0.39 is 17.9 Å². The zero-order valence-electron chi connectivity index (χ0n) is 19.8. The minimum atomic E-state index is -0.704. The summed E-state index contributed by atoms with van der Waals surface area (Å²) < 4.78 is 5.78. The number of hydrogen-bond donors (Lipinski definition) is 2. The highest BCUT2D eigenvalue weighted by Crippen LogP contribution is 2.16. The molecule has 0 aromatic heterocycles. The number of aliphatic imine (C=N–C) groups is 1. The van der Waals surface area contributed by atoms with E-state index in [-0.39, 0.29) is 24.2 Å². The van der Waals surface area contributed by atoms with Gasteiger partial charge in [0.15, 0.2) is 0 Å². The van der Waals surface area contributed by atoms with E-state index in [4.69, 9.17) is 16.3 Å². The molecule has 0 spiro atoms.